The van der Waals surface area contributed by atoms with Crippen molar-refractivity contribution in [2.24, 2.45) is 0 Å². The van der Waals surface area contributed by atoms with E-state index in [9.17, 15) is 9.59 Å². The molecular formula is C18H20N2O3S. The maximum atomic E-state index is 12.0. The molecule has 2 aromatic rings. The molecule has 1 heterocycles. The van der Waals surface area contributed by atoms with E-state index >= 15 is 0 Å². The summed E-state index contributed by atoms with van der Waals surface area (Å²) < 4.78 is 5.12. The highest BCUT2D eigenvalue weighted by molar-refractivity contribution is 8.00. The van der Waals surface area contributed by atoms with Gasteiger partial charge in [-0.1, -0.05) is 6.08 Å². The van der Waals surface area contributed by atoms with Crippen LogP contribution < -0.4 is 10.6 Å². The zero-order valence-electron chi connectivity index (χ0n) is 13.7. The van der Waals surface area contributed by atoms with Crippen molar-refractivity contribution in [2.75, 3.05) is 16.4 Å². The first-order valence-corrected chi connectivity index (χ1v) is 8.54. The summed E-state index contributed by atoms with van der Waals surface area (Å²) >= 11 is 1.52. The van der Waals surface area contributed by atoms with Crippen LogP contribution in [-0.4, -0.2) is 22.8 Å². The Morgan fingerprint density at radius 3 is 2.42 bits per heavy atom. The molecule has 24 heavy (non-hydrogen) atoms. The van der Waals surface area contributed by atoms with E-state index in [-0.39, 0.29) is 17.1 Å². The molecule has 0 bridgehead atoms. The van der Waals surface area contributed by atoms with Crippen molar-refractivity contribution >= 4 is 35.0 Å². The number of amides is 2. The first kappa shape index (κ1) is 17.9. The van der Waals surface area contributed by atoms with E-state index in [4.69, 9.17) is 4.42 Å². The van der Waals surface area contributed by atoms with E-state index in [2.05, 4.69) is 17.2 Å². The monoisotopic (exact) mass is 344 g/mol. The summed E-state index contributed by atoms with van der Waals surface area (Å²) in [4.78, 5) is 24.1. The first-order chi connectivity index (χ1) is 11.5. The summed E-state index contributed by atoms with van der Waals surface area (Å²) in [5.74, 6) is 1.11. The fourth-order valence-corrected chi connectivity index (χ4v) is 2.57. The maximum absolute atomic E-state index is 12.0. The molecule has 0 fully saturated rings. The average molecular weight is 344 g/mol. The van der Waals surface area contributed by atoms with Crippen molar-refractivity contribution in [3.63, 3.8) is 0 Å². The summed E-state index contributed by atoms with van der Waals surface area (Å²) in [6, 6.07) is 8.65. The van der Waals surface area contributed by atoms with Crippen LogP contribution in [-0.2, 0) is 4.79 Å². The molecule has 0 unspecified atom stereocenters. The third-order valence-electron chi connectivity index (χ3n) is 3.24. The second kappa shape index (κ2) is 8.40. The Morgan fingerprint density at radius 2 is 1.88 bits per heavy atom. The van der Waals surface area contributed by atoms with E-state index in [1.807, 2.05) is 6.92 Å². The standard InChI is InChI=1S/C18H20N2O3S/c1-4-9-24-13(3)17(21)19-15-5-7-16(8-6-15)20-18(22)14-10-12(2)23-11-14/h4-8,10-11,13H,1,9H2,2-3H3,(H,19,21)(H,20,22)/t13-/m0/s1. The van der Waals surface area contributed by atoms with Crippen LogP contribution in [0.25, 0.3) is 0 Å². The highest BCUT2D eigenvalue weighted by Gasteiger charge is 2.13. The van der Waals surface area contributed by atoms with Crippen molar-refractivity contribution < 1.29 is 14.0 Å². The lowest BCUT2D eigenvalue weighted by Crippen LogP contribution is -2.22. The van der Waals surface area contributed by atoms with Gasteiger partial charge in [0.1, 0.15) is 12.0 Å². The van der Waals surface area contributed by atoms with Crippen molar-refractivity contribution in [1.29, 1.82) is 0 Å². The molecule has 0 aliphatic rings. The maximum Gasteiger partial charge on any atom is 0.258 e. The van der Waals surface area contributed by atoms with Gasteiger partial charge in [-0.3, -0.25) is 9.59 Å². The van der Waals surface area contributed by atoms with Crippen molar-refractivity contribution in [3.05, 3.63) is 60.6 Å². The lowest BCUT2D eigenvalue weighted by molar-refractivity contribution is -0.115. The molecule has 0 saturated heterocycles. The van der Waals surface area contributed by atoms with Crippen molar-refractivity contribution in [2.45, 2.75) is 19.1 Å². The number of benzene rings is 1. The van der Waals surface area contributed by atoms with Crippen molar-refractivity contribution in [1.82, 2.24) is 0 Å². The van der Waals surface area contributed by atoms with Gasteiger partial charge < -0.3 is 15.1 Å². The van der Waals surface area contributed by atoms with Gasteiger partial charge in [0.05, 0.1) is 10.8 Å². The minimum Gasteiger partial charge on any atom is -0.469 e. The number of thioether (sulfide) groups is 1. The summed E-state index contributed by atoms with van der Waals surface area (Å²) in [6.07, 6.45) is 3.19. The molecule has 2 rings (SSSR count). The van der Waals surface area contributed by atoms with Gasteiger partial charge in [0.2, 0.25) is 5.91 Å². The molecule has 0 spiro atoms. The molecule has 2 N–H and O–H groups in total. The second-order valence-electron chi connectivity index (χ2n) is 5.23. The number of hydrogen-bond donors (Lipinski definition) is 2. The molecule has 1 aromatic heterocycles. The summed E-state index contributed by atoms with van der Waals surface area (Å²) in [6.45, 7) is 7.27. The SMILES string of the molecule is C=CCS[C@@H](C)C(=O)Nc1ccc(NC(=O)c2coc(C)c2)cc1. The van der Waals surface area contributed by atoms with Crippen LogP contribution in [0.15, 0.2) is 53.7 Å². The molecule has 0 radical (unpaired) electrons. The largest absolute Gasteiger partial charge is 0.469 e. The summed E-state index contributed by atoms with van der Waals surface area (Å²) in [7, 11) is 0. The third-order valence-corrected chi connectivity index (χ3v) is 4.38. The molecule has 126 valence electrons. The highest BCUT2D eigenvalue weighted by atomic mass is 32.2. The van der Waals surface area contributed by atoms with E-state index in [1.165, 1.54) is 18.0 Å². The molecule has 1 aromatic carbocycles. The zero-order valence-corrected chi connectivity index (χ0v) is 14.5. The van der Waals surface area contributed by atoms with Gasteiger partial charge in [0.25, 0.3) is 5.91 Å². The van der Waals surface area contributed by atoms with Gasteiger partial charge in [-0.15, -0.1) is 18.3 Å². The Kier molecular flexibility index (Phi) is 6.26. The van der Waals surface area contributed by atoms with E-state index in [0.29, 0.717) is 22.7 Å². The van der Waals surface area contributed by atoms with Crippen LogP contribution in [0, 0.1) is 6.92 Å². The van der Waals surface area contributed by atoms with Gasteiger partial charge in [-0.25, -0.2) is 0 Å². The summed E-state index contributed by atoms with van der Waals surface area (Å²) in [5.41, 5.74) is 1.80. The predicted molar refractivity (Wildman–Crippen MR) is 98.6 cm³/mol. The number of furan rings is 1. The third kappa shape index (κ3) is 5.03. The van der Waals surface area contributed by atoms with Gasteiger partial charge in [-0.05, 0) is 44.2 Å². The number of nitrogens with one attached hydrogen (secondary N) is 2. The smallest absolute Gasteiger partial charge is 0.258 e. The molecule has 0 aliphatic heterocycles. The van der Waals surface area contributed by atoms with E-state index in [0.717, 1.165) is 5.75 Å². The van der Waals surface area contributed by atoms with Gasteiger partial charge in [0, 0.05) is 17.1 Å². The number of carbonyl (C=O) groups excluding carboxylic acids is 2. The fourth-order valence-electron chi connectivity index (χ4n) is 1.93. The fraction of sp³-hybridized carbons (Fsp3) is 0.222. The second-order valence-corrected chi connectivity index (χ2v) is 6.60. The number of rotatable bonds is 7. The molecule has 6 heteroatoms. The number of anilines is 2. The van der Waals surface area contributed by atoms with Gasteiger partial charge in [-0.2, -0.15) is 0 Å². The number of aryl methyl sites for hydroxylation is 1. The Labute approximate surface area is 145 Å². The molecular weight excluding hydrogens is 324 g/mol. The van der Waals surface area contributed by atoms with Gasteiger partial charge in [0.15, 0.2) is 0 Å². The summed E-state index contributed by atoms with van der Waals surface area (Å²) in [5, 5.41) is 5.46. The van der Waals surface area contributed by atoms with Crippen LogP contribution in [0.2, 0.25) is 0 Å². The van der Waals surface area contributed by atoms with Crippen LogP contribution in [0.3, 0.4) is 0 Å². The van der Waals surface area contributed by atoms with Crippen LogP contribution in [0.4, 0.5) is 11.4 Å². The molecule has 1 atom stereocenters. The topological polar surface area (TPSA) is 71.3 Å². The Balaban J connectivity index is 1.91. The molecule has 5 nitrogen and oxygen atoms in total. The first-order valence-electron chi connectivity index (χ1n) is 7.49. The highest BCUT2D eigenvalue weighted by Crippen LogP contribution is 2.17. The van der Waals surface area contributed by atoms with Crippen LogP contribution in [0.1, 0.15) is 23.0 Å². The minimum absolute atomic E-state index is 0.0625. The van der Waals surface area contributed by atoms with Crippen LogP contribution in [0.5, 0.6) is 0 Å². The Bertz CT molecular complexity index is 722. The lowest BCUT2D eigenvalue weighted by Gasteiger charge is -2.11. The quantitative estimate of drug-likeness (QED) is 0.742. The Morgan fingerprint density at radius 1 is 1.25 bits per heavy atom. The molecule has 2 amide bonds. The predicted octanol–water partition coefficient (Wildman–Crippen LogP) is 4.09. The molecule has 0 saturated carbocycles. The van der Waals surface area contributed by atoms with Crippen LogP contribution >= 0.6 is 11.8 Å². The average Bonchev–Trinajstić information content (AvgIpc) is 3.01. The zero-order chi connectivity index (χ0) is 17.5. The number of carbonyl (C=O) groups is 2. The van der Waals surface area contributed by atoms with E-state index in [1.54, 1.807) is 43.3 Å². The minimum atomic E-state index is -0.238. The van der Waals surface area contributed by atoms with Crippen molar-refractivity contribution in [3.8, 4) is 0 Å². The molecule has 0 aliphatic carbocycles. The lowest BCUT2D eigenvalue weighted by atomic mass is 10.2. The normalized spacial score (nSPS) is 11.6. The Hall–Kier alpha value is -2.47. The number of hydrogen-bond acceptors (Lipinski definition) is 4. The van der Waals surface area contributed by atoms with Gasteiger partial charge >= 0.3 is 0 Å². The van der Waals surface area contributed by atoms with E-state index < -0.39 is 0 Å².